The number of thiophene rings is 1. The van der Waals surface area contributed by atoms with Crippen LogP contribution in [-0.2, 0) is 6.42 Å². The minimum atomic E-state index is -0.0671. The molecule has 0 fully saturated rings. The summed E-state index contributed by atoms with van der Waals surface area (Å²) < 4.78 is 0. The predicted octanol–water partition coefficient (Wildman–Crippen LogP) is 5.29. The van der Waals surface area contributed by atoms with Gasteiger partial charge in [0, 0.05) is 14.8 Å². The molecule has 0 saturated heterocycles. The molecule has 0 spiro atoms. The number of hydrogen-bond acceptors (Lipinski definition) is 1. The third-order valence-electron chi connectivity index (χ3n) is 2.44. The van der Waals surface area contributed by atoms with E-state index in [-0.39, 0.29) is 5.38 Å². The fourth-order valence-corrected chi connectivity index (χ4v) is 2.95. The summed E-state index contributed by atoms with van der Waals surface area (Å²) in [5.41, 5.74) is 1.09. The van der Waals surface area contributed by atoms with Gasteiger partial charge < -0.3 is 0 Å². The molecule has 0 amide bonds. The van der Waals surface area contributed by atoms with Crippen LogP contribution < -0.4 is 0 Å². The average Bonchev–Trinajstić information content (AvgIpc) is 2.77. The lowest BCUT2D eigenvalue weighted by Gasteiger charge is -2.07. The average molecular weight is 271 g/mol. The first kappa shape index (κ1) is 12.0. The van der Waals surface area contributed by atoms with Crippen molar-refractivity contribution in [1.29, 1.82) is 0 Å². The van der Waals surface area contributed by atoms with Gasteiger partial charge in [-0.3, -0.25) is 0 Å². The molecule has 0 radical (unpaired) electrons. The van der Waals surface area contributed by atoms with Crippen molar-refractivity contribution in [1.82, 2.24) is 0 Å². The summed E-state index contributed by atoms with van der Waals surface area (Å²) in [4.78, 5) is 2.57. The number of alkyl halides is 1. The highest BCUT2D eigenvalue weighted by Crippen LogP contribution is 2.34. The van der Waals surface area contributed by atoms with Crippen LogP contribution >= 0.6 is 34.5 Å². The lowest BCUT2D eigenvalue weighted by atomic mass is 10.1. The molecule has 1 aromatic heterocycles. The van der Waals surface area contributed by atoms with Gasteiger partial charge in [0.15, 0.2) is 0 Å². The first-order valence-corrected chi connectivity index (χ1v) is 6.82. The Bertz CT molecular complexity index is 459. The molecule has 84 valence electrons. The van der Waals surface area contributed by atoms with E-state index < -0.39 is 0 Å². The maximum atomic E-state index is 6.42. The van der Waals surface area contributed by atoms with Gasteiger partial charge in [-0.25, -0.2) is 0 Å². The molecular weight excluding hydrogens is 259 g/mol. The molecule has 16 heavy (non-hydrogen) atoms. The summed E-state index contributed by atoms with van der Waals surface area (Å²) in [6.07, 6.45) is 1.06. The van der Waals surface area contributed by atoms with E-state index in [1.54, 1.807) is 11.3 Å². The lowest BCUT2D eigenvalue weighted by Crippen LogP contribution is -1.88. The monoisotopic (exact) mass is 270 g/mol. The molecule has 0 nitrogen and oxygen atoms in total. The van der Waals surface area contributed by atoms with Crippen molar-refractivity contribution in [2.45, 2.75) is 18.7 Å². The Hall–Kier alpha value is -0.500. The second-order valence-corrected chi connectivity index (χ2v) is 5.64. The summed E-state index contributed by atoms with van der Waals surface area (Å²) in [7, 11) is 0. The van der Waals surface area contributed by atoms with E-state index in [2.05, 4.69) is 19.1 Å². The molecule has 0 aliphatic rings. The van der Waals surface area contributed by atoms with Crippen LogP contribution in [0.15, 0.2) is 36.4 Å². The van der Waals surface area contributed by atoms with Gasteiger partial charge in [-0.2, -0.15) is 0 Å². The fourth-order valence-electron chi connectivity index (χ4n) is 1.52. The molecule has 2 aromatic rings. The topological polar surface area (TPSA) is 0 Å². The van der Waals surface area contributed by atoms with Gasteiger partial charge in [0.05, 0.1) is 5.38 Å². The number of hydrogen-bond donors (Lipinski definition) is 0. The SMILES string of the molecule is CCc1ccc(C(Cl)c2ccc(Cl)cc2)s1. The van der Waals surface area contributed by atoms with Crippen molar-refractivity contribution in [3.63, 3.8) is 0 Å². The van der Waals surface area contributed by atoms with Crippen LogP contribution in [0, 0.1) is 0 Å². The van der Waals surface area contributed by atoms with Crippen LogP contribution in [-0.4, -0.2) is 0 Å². The molecule has 3 heteroatoms. The summed E-state index contributed by atoms with van der Waals surface area (Å²) in [5.74, 6) is 0. The standard InChI is InChI=1S/C13H12Cl2S/c1-2-11-7-8-12(16-11)13(15)9-3-5-10(14)6-4-9/h3-8,13H,2H2,1H3. The third-order valence-corrected chi connectivity index (χ3v) is 4.61. The predicted molar refractivity (Wildman–Crippen MR) is 72.8 cm³/mol. The first-order valence-electron chi connectivity index (χ1n) is 5.19. The second-order valence-electron chi connectivity index (χ2n) is 3.57. The Kier molecular flexibility index (Phi) is 3.91. The number of benzene rings is 1. The molecule has 1 aromatic carbocycles. The zero-order valence-corrected chi connectivity index (χ0v) is 11.2. The minimum absolute atomic E-state index is 0.0671. The van der Waals surface area contributed by atoms with Gasteiger partial charge in [0.25, 0.3) is 0 Å². The van der Waals surface area contributed by atoms with Crippen LogP contribution in [0.4, 0.5) is 0 Å². The van der Waals surface area contributed by atoms with Crippen molar-refractivity contribution in [2.75, 3.05) is 0 Å². The van der Waals surface area contributed by atoms with Gasteiger partial charge in [0.2, 0.25) is 0 Å². The summed E-state index contributed by atoms with van der Waals surface area (Å²) in [6, 6.07) is 12.0. The maximum Gasteiger partial charge on any atom is 0.0927 e. The van der Waals surface area contributed by atoms with Crippen LogP contribution in [0.5, 0.6) is 0 Å². The summed E-state index contributed by atoms with van der Waals surface area (Å²) in [6.45, 7) is 2.15. The van der Waals surface area contributed by atoms with E-state index in [1.807, 2.05) is 24.3 Å². The van der Waals surface area contributed by atoms with E-state index >= 15 is 0 Å². The Balaban J connectivity index is 2.24. The van der Waals surface area contributed by atoms with Gasteiger partial charge in [-0.1, -0.05) is 30.7 Å². The fraction of sp³-hybridized carbons (Fsp3) is 0.231. The maximum absolute atomic E-state index is 6.42. The van der Waals surface area contributed by atoms with E-state index in [9.17, 15) is 0 Å². The largest absolute Gasteiger partial charge is 0.143 e. The summed E-state index contributed by atoms with van der Waals surface area (Å²) >= 11 is 14.0. The summed E-state index contributed by atoms with van der Waals surface area (Å²) in [5, 5.41) is 0.676. The zero-order chi connectivity index (χ0) is 11.5. The number of aryl methyl sites for hydroxylation is 1. The molecule has 2 rings (SSSR count). The van der Waals surface area contributed by atoms with Crippen molar-refractivity contribution in [2.24, 2.45) is 0 Å². The highest BCUT2D eigenvalue weighted by Gasteiger charge is 2.12. The third kappa shape index (κ3) is 2.60. The molecule has 1 unspecified atom stereocenters. The molecule has 1 heterocycles. The molecule has 1 atom stereocenters. The highest BCUT2D eigenvalue weighted by atomic mass is 35.5. The quantitative estimate of drug-likeness (QED) is 0.665. The van der Waals surface area contributed by atoms with E-state index in [0.29, 0.717) is 0 Å². The number of halogens is 2. The molecule has 0 aliphatic carbocycles. The Morgan fingerprint density at radius 2 is 1.81 bits per heavy atom. The molecule has 0 bridgehead atoms. The highest BCUT2D eigenvalue weighted by molar-refractivity contribution is 7.12. The van der Waals surface area contributed by atoms with E-state index in [0.717, 1.165) is 17.0 Å². The van der Waals surface area contributed by atoms with Crippen LogP contribution in [0.3, 0.4) is 0 Å². The van der Waals surface area contributed by atoms with Crippen molar-refractivity contribution in [3.05, 3.63) is 56.7 Å². The molecule has 0 saturated carbocycles. The van der Waals surface area contributed by atoms with Gasteiger partial charge in [-0.15, -0.1) is 22.9 Å². The zero-order valence-electron chi connectivity index (χ0n) is 8.91. The van der Waals surface area contributed by atoms with Crippen LogP contribution in [0.25, 0.3) is 0 Å². The Morgan fingerprint density at radius 1 is 1.12 bits per heavy atom. The van der Waals surface area contributed by atoms with Crippen molar-refractivity contribution >= 4 is 34.5 Å². The molecular formula is C13H12Cl2S. The van der Waals surface area contributed by atoms with Gasteiger partial charge in [0.1, 0.15) is 0 Å². The van der Waals surface area contributed by atoms with E-state index in [1.165, 1.54) is 9.75 Å². The Morgan fingerprint density at radius 3 is 2.38 bits per heavy atom. The van der Waals surface area contributed by atoms with Crippen LogP contribution in [0.1, 0.15) is 27.6 Å². The smallest absolute Gasteiger partial charge is 0.0927 e. The van der Waals surface area contributed by atoms with Crippen LogP contribution in [0.2, 0.25) is 5.02 Å². The van der Waals surface area contributed by atoms with Gasteiger partial charge in [-0.05, 0) is 36.2 Å². The second kappa shape index (κ2) is 5.22. The van der Waals surface area contributed by atoms with Gasteiger partial charge >= 0.3 is 0 Å². The first-order chi connectivity index (χ1) is 7.70. The van der Waals surface area contributed by atoms with Crippen molar-refractivity contribution < 1.29 is 0 Å². The molecule has 0 aliphatic heterocycles. The number of rotatable bonds is 3. The van der Waals surface area contributed by atoms with Crippen molar-refractivity contribution in [3.8, 4) is 0 Å². The Labute approximate surface area is 110 Å². The minimum Gasteiger partial charge on any atom is -0.143 e. The van der Waals surface area contributed by atoms with E-state index in [4.69, 9.17) is 23.2 Å². The lowest BCUT2D eigenvalue weighted by molar-refractivity contribution is 1.18. The molecule has 0 N–H and O–H groups in total. The normalized spacial score (nSPS) is 12.7.